The Bertz CT molecular complexity index is 682. The van der Waals surface area contributed by atoms with E-state index in [-0.39, 0.29) is 11.3 Å². The molecule has 5 nitrogen and oxygen atoms in total. The lowest BCUT2D eigenvalue weighted by Gasteiger charge is -2.11. The van der Waals surface area contributed by atoms with Crippen molar-refractivity contribution in [1.82, 2.24) is 9.97 Å². The molecule has 1 heterocycles. The molecule has 1 aromatic heterocycles. The predicted molar refractivity (Wildman–Crippen MR) is 76.7 cm³/mol. The van der Waals surface area contributed by atoms with E-state index in [9.17, 15) is 4.39 Å². The molecule has 6 heteroatoms. The second kappa shape index (κ2) is 6.66. The van der Waals surface area contributed by atoms with Crippen LogP contribution in [0.4, 0.5) is 10.2 Å². The molecule has 0 fully saturated rings. The van der Waals surface area contributed by atoms with Crippen LogP contribution in [0, 0.1) is 24.1 Å². The van der Waals surface area contributed by atoms with Crippen LogP contribution in [-0.2, 0) is 0 Å². The molecule has 0 radical (unpaired) electrons. The third-order valence-electron chi connectivity index (χ3n) is 2.86. The molecule has 21 heavy (non-hydrogen) atoms. The highest BCUT2D eigenvalue weighted by Crippen LogP contribution is 2.27. The van der Waals surface area contributed by atoms with Gasteiger partial charge in [0.05, 0.1) is 11.1 Å². The number of anilines is 1. The van der Waals surface area contributed by atoms with Crippen molar-refractivity contribution in [1.29, 1.82) is 5.26 Å². The third-order valence-corrected chi connectivity index (χ3v) is 2.86. The van der Waals surface area contributed by atoms with Crippen LogP contribution >= 0.6 is 0 Å². The molecule has 0 saturated heterocycles. The molecule has 1 N–H and O–H groups in total. The van der Waals surface area contributed by atoms with E-state index in [1.165, 1.54) is 24.5 Å². The third kappa shape index (κ3) is 3.45. The zero-order chi connectivity index (χ0) is 15.2. The maximum Gasteiger partial charge on any atom is 0.227 e. The Morgan fingerprint density at radius 3 is 2.86 bits per heavy atom. The first-order valence-corrected chi connectivity index (χ1v) is 6.58. The Labute approximate surface area is 122 Å². The number of ether oxygens (including phenoxy) is 1. The van der Waals surface area contributed by atoms with Crippen LogP contribution in [0.1, 0.15) is 24.5 Å². The zero-order valence-electron chi connectivity index (χ0n) is 11.9. The van der Waals surface area contributed by atoms with Crippen molar-refractivity contribution in [3.63, 3.8) is 0 Å². The van der Waals surface area contributed by atoms with Gasteiger partial charge in [-0.2, -0.15) is 5.26 Å². The van der Waals surface area contributed by atoms with E-state index in [0.717, 1.165) is 18.5 Å². The van der Waals surface area contributed by atoms with Crippen LogP contribution in [0.25, 0.3) is 0 Å². The van der Waals surface area contributed by atoms with Crippen molar-refractivity contribution < 1.29 is 9.13 Å². The minimum Gasteiger partial charge on any atom is -0.438 e. The van der Waals surface area contributed by atoms with Gasteiger partial charge in [-0.05, 0) is 25.5 Å². The van der Waals surface area contributed by atoms with Crippen molar-refractivity contribution in [2.24, 2.45) is 0 Å². The number of nitrogens with zero attached hydrogens (tertiary/aromatic N) is 3. The summed E-state index contributed by atoms with van der Waals surface area (Å²) in [5.74, 6) is 0.712. The largest absolute Gasteiger partial charge is 0.438 e. The first kappa shape index (κ1) is 14.7. The average molecular weight is 286 g/mol. The van der Waals surface area contributed by atoms with Crippen LogP contribution in [0.2, 0.25) is 0 Å². The molecule has 0 aliphatic rings. The zero-order valence-corrected chi connectivity index (χ0v) is 11.9. The standard InChI is InChI=1S/C15H15FN4O/c1-3-6-18-14-10(2)15(20-9-19-14)21-12-5-4-11(8-17)13(16)7-12/h4-5,7,9H,3,6H2,1-2H3,(H,18,19,20). The van der Waals surface area contributed by atoms with Gasteiger partial charge >= 0.3 is 0 Å². The number of halogens is 1. The summed E-state index contributed by atoms with van der Waals surface area (Å²) in [7, 11) is 0. The van der Waals surface area contributed by atoms with Gasteiger partial charge in [-0.1, -0.05) is 6.92 Å². The Morgan fingerprint density at radius 1 is 1.38 bits per heavy atom. The van der Waals surface area contributed by atoms with E-state index in [1.54, 1.807) is 6.07 Å². The molecule has 0 unspecified atom stereocenters. The van der Waals surface area contributed by atoms with Crippen molar-refractivity contribution >= 4 is 5.82 Å². The summed E-state index contributed by atoms with van der Waals surface area (Å²) in [5.41, 5.74) is 0.725. The number of nitrogens with one attached hydrogen (secondary N) is 1. The molecule has 0 atom stereocenters. The van der Waals surface area contributed by atoms with Crippen LogP contribution in [0.5, 0.6) is 11.6 Å². The Morgan fingerprint density at radius 2 is 2.19 bits per heavy atom. The fourth-order valence-electron chi connectivity index (χ4n) is 1.72. The number of rotatable bonds is 5. The number of nitriles is 1. The lowest BCUT2D eigenvalue weighted by atomic mass is 10.2. The van der Waals surface area contributed by atoms with Gasteiger partial charge in [0.2, 0.25) is 5.88 Å². The van der Waals surface area contributed by atoms with Crippen molar-refractivity contribution in [3.8, 4) is 17.7 Å². The molecule has 0 saturated carbocycles. The van der Waals surface area contributed by atoms with Crippen LogP contribution in [0.3, 0.4) is 0 Å². The molecular formula is C15H15FN4O. The van der Waals surface area contributed by atoms with Gasteiger partial charge in [-0.25, -0.2) is 14.4 Å². The summed E-state index contributed by atoms with van der Waals surface area (Å²) in [4.78, 5) is 8.20. The number of hydrogen-bond acceptors (Lipinski definition) is 5. The first-order chi connectivity index (χ1) is 10.2. The monoisotopic (exact) mass is 286 g/mol. The minimum absolute atomic E-state index is 0.0212. The number of aromatic nitrogens is 2. The molecular weight excluding hydrogens is 271 g/mol. The molecule has 1 aromatic carbocycles. The van der Waals surface area contributed by atoms with Crippen LogP contribution in [0.15, 0.2) is 24.5 Å². The van der Waals surface area contributed by atoms with Gasteiger partial charge in [-0.3, -0.25) is 0 Å². The van der Waals surface area contributed by atoms with E-state index < -0.39 is 5.82 Å². The minimum atomic E-state index is -0.619. The SMILES string of the molecule is CCCNc1ncnc(Oc2ccc(C#N)c(F)c2)c1C. The summed E-state index contributed by atoms with van der Waals surface area (Å²) in [6.45, 7) is 4.68. The predicted octanol–water partition coefficient (Wildman–Crippen LogP) is 3.41. The Hall–Kier alpha value is -2.68. The summed E-state index contributed by atoms with van der Waals surface area (Å²) in [6, 6.07) is 5.83. The van der Waals surface area contributed by atoms with Crippen molar-refractivity contribution in [3.05, 3.63) is 41.5 Å². The maximum absolute atomic E-state index is 13.6. The number of hydrogen-bond donors (Lipinski definition) is 1. The molecule has 2 rings (SSSR count). The second-order valence-corrected chi connectivity index (χ2v) is 4.43. The molecule has 0 aliphatic carbocycles. The van der Waals surface area contributed by atoms with Crippen LogP contribution < -0.4 is 10.1 Å². The molecule has 0 bridgehead atoms. The first-order valence-electron chi connectivity index (χ1n) is 6.58. The Balaban J connectivity index is 2.23. The lowest BCUT2D eigenvalue weighted by Crippen LogP contribution is -2.05. The number of benzene rings is 1. The molecule has 108 valence electrons. The highest BCUT2D eigenvalue weighted by molar-refractivity contribution is 5.49. The molecule has 0 aliphatic heterocycles. The van der Waals surface area contributed by atoms with Crippen LogP contribution in [-0.4, -0.2) is 16.5 Å². The van der Waals surface area contributed by atoms with Gasteiger partial charge in [0, 0.05) is 12.6 Å². The van der Waals surface area contributed by atoms with Crippen molar-refractivity contribution in [2.75, 3.05) is 11.9 Å². The molecule has 2 aromatic rings. The topological polar surface area (TPSA) is 70.8 Å². The fraction of sp³-hybridized carbons (Fsp3) is 0.267. The highest BCUT2D eigenvalue weighted by Gasteiger charge is 2.10. The highest BCUT2D eigenvalue weighted by atomic mass is 19.1. The molecule has 0 amide bonds. The average Bonchev–Trinajstić information content (AvgIpc) is 2.48. The lowest BCUT2D eigenvalue weighted by molar-refractivity contribution is 0.453. The van der Waals surface area contributed by atoms with Gasteiger partial charge in [0.1, 0.15) is 29.8 Å². The summed E-state index contributed by atoms with van der Waals surface area (Å²) < 4.78 is 19.1. The van der Waals surface area contributed by atoms with E-state index >= 15 is 0 Å². The van der Waals surface area contributed by atoms with Gasteiger partial charge < -0.3 is 10.1 Å². The van der Waals surface area contributed by atoms with E-state index in [4.69, 9.17) is 10.00 Å². The normalized spacial score (nSPS) is 10.0. The second-order valence-electron chi connectivity index (χ2n) is 4.43. The summed E-state index contributed by atoms with van der Waals surface area (Å²) in [6.07, 6.45) is 2.36. The quantitative estimate of drug-likeness (QED) is 0.912. The maximum atomic E-state index is 13.6. The summed E-state index contributed by atoms with van der Waals surface area (Å²) in [5, 5.41) is 11.9. The molecule has 0 spiro atoms. The van der Waals surface area contributed by atoms with Crippen molar-refractivity contribution in [2.45, 2.75) is 20.3 Å². The van der Waals surface area contributed by atoms with Gasteiger partial charge in [0.15, 0.2) is 0 Å². The van der Waals surface area contributed by atoms with E-state index in [1.807, 2.05) is 6.92 Å². The van der Waals surface area contributed by atoms with E-state index in [2.05, 4.69) is 22.2 Å². The fourth-order valence-corrected chi connectivity index (χ4v) is 1.72. The Kier molecular flexibility index (Phi) is 4.67. The van der Waals surface area contributed by atoms with Gasteiger partial charge in [-0.15, -0.1) is 0 Å². The van der Waals surface area contributed by atoms with Gasteiger partial charge in [0.25, 0.3) is 0 Å². The summed E-state index contributed by atoms with van der Waals surface area (Å²) >= 11 is 0. The smallest absolute Gasteiger partial charge is 0.227 e. The van der Waals surface area contributed by atoms with E-state index in [0.29, 0.717) is 11.7 Å².